The molecule has 1 heterocycles. The summed E-state index contributed by atoms with van der Waals surface area (Å²) in [5, 5.41) is 5.90. The first kappa shape index (κ1) is 15.4. The molecule has 2 N–H and O–H groups in total. The molecular formula is C16H23N3O2. The molecule has 2 amide bonds. The van der Waals surface area contributed by atoms with Crippen molar-refractivity contribution in [3.63, 3.8) is 0 Å². The third kappa shape index (κ3) is 3.01. The van der Waals surface area contributed by atoms with Crippen LogP contribution in [0.1, 0.15) is 30.6 Å². The van der Waals surface area contributed by atoms with Crippen molar-refractivity contribution in [1.29, 1.82) is 0 Å². The molecule has 21 heavy (non-hydrogen) atoms. The van der Waals surface area contributed by atoms with Crippen LogP contribution in [0.4, 0.5) is 5.69 Å². The van der Waals surface area contributed by atoms with Crippen molar-refractivity contribution in [2.75, 3.05) is 32.0 Å². The van der Waals surface area contributed by atoms with Crippen molar-refractivity contribution in [2.24, 2.45) is 5.41 Å². The van der Waals surface area contributed by atoms with E-state index in [0.717, 1.165) is 12.2 Å². The number of likely N-dealkylation sites (tertiary alicyclic amines) is 1. The number of benzene rings is 1. The molecule has 1 aromatic rings. The Balaban J connectivity index is 2.17. The molecule has 1 fully saturated rings. The number of nitrogens with zero attached hydrogens (tertiary/aromatic N) is 1. The minimum atomic E-state index is -0.489. The molecule has 1 aromatic carbocycles. The highest BCUT2D eigenvalue weighted by Crippen LogP contribution is 2.31. The lowest BCUT2D eigenvalue weighted by molar-refractivity contribution is -0.128. The average Bonchev–Trinajstić information content (AvgIpc) is 2.90. The number of hydrogen-bond donors (Lipinski definition) is 2. The molecule has 0 saturated carbocycles. The van der Waals surface area contributed by atoms with Crippen LogP contribution in [0.15, 0.2) is 24.3 Å². The smallest absolute Gasteiger partial charge is 0.255 e. The molecule has 0 aromatic heterocycles. The molecule has 0 aliphatic carbocycles. The van der Waals surface area contributed by atoms with E-state index in [4.69, 9.17) is 0 Å². The molecule has 114 valence electrons. The highest BCUT2D eigenvalue weighted by atomic mass is 16.2. The Morgan fingerprint density at radius 1 is 1.33 bits per heavy atom. The summed E-state index contributed by atoms with van der Waals surface area (Å²) in [6.07, 6.45) is 0.696. The topological polar surface area (TPSA) is 61.4 Å². The van der Waals surface area contributed by atoms with Crippen molar-refractivity contribution < 1.29 is 9.59 Å². The second kappa shape index (κ2) is 6.16. The van der Waals surface area contributed by atoms with Gasteiger partial charge in [-0.05, 0) is 32.4 Å². The van der Waals surface area contributed by atoms with Gasteiger partial charge >= 0.3 is 0 Å². The van der Waals surface area contributed by atoms with Crippen LogP contribution in [0, 0.1) is 5.41 Å². The normalized spacial score (nSPS) is 21.2. The van der Waals surface area contributed by atoms with Crippen LogP contribution in [0.5, 0.6) is 0 Å². The van der Waals surface area contributed by atoms with Gasteiger partial charge in [-0.2, -0.15) is 0 Å². The van der Waals surface area contributed by atoms with Gasteiger partial charge in [-0.3, -0.25) is 9.59 Å². The Labute approximate surface area is 125 Å². The SMILES string of the molecule is CCNc1ccccc1C(=O)N1CCC(C)(C(=O)NC)C1. The Morgan fingerprint density at radius 3 is 2.71 bits per heavy atom. The number of anilines is 1. The summed E-state index contributed by atoms with van der Waals surface area (Å²) < 4.78 is 0. The number of hydrogen-bond acceptors (Lipinski definition) is 3. The van der Waals surface area contributed by atoms with E-state index in [-0.39, 0.29) is 11.8 Å². The van der Waals surface area contributed by atoms with E-state index in [2.05, 4.69) is 10.6 Å². The predicted octanol–water partition coefficient (Wildman–Crippen LogP) is 1.72. The van der Waals surface area contributed by atoms with Crippen LogP contribution in [0.25, 0.3) is 0 Å². The first-order valence-electron chi connectivity index (χ1n) is 7.36. The van der Waals surface area contributed by atoms with Crippen LogP contribution in [0.3, 0.4) is 0 Å². The number of rotatable bonds is 4. The van der Waals surface area contributed by atoms with E-state index in [1.165, 1.54) is 0 Å². The summed E-state index contributed by atoms with van der Waals surface area (Å²) in [5.74, 6) is -0.0167. The summed E-state index contributed by atoms with van der Waals surface area (Å²) in [6.45, 7) is 5.75. The van der Waals surface area contributed by atoms with Crippen LogP contribution in [-0.2, 0) is 4.79 Å². The van der Waals surface area contributed by atoms with E-state index in [0.29, 0.717) is 25.1 Å². The van der Waals surface area contributed by atoms with Gasteiger partial charge < -0.3 is 15.5 Å². The zero-order valence-corrected chi connectivity index (χ0v) is 12.9. The number of carbonyl (C=O) groups excluding carboxylic acids is 2. The van der Waals surface area contributed by atoms with E-state index >= 15 is 0 Å². The minimum Gasteiger partial charge on any atom is -0.385 e. The summed E-state index contributed by atoms with van der Waals surface area (Å²) in [6, 6.07) is 7.51. The second-order valence-corrected chi connectivity index (χ2v) is 5.69. The molecule has 0 spiro atoms. The van der Waals surface area contributed by atoms with Gasteiger partial charge in [0.1, 0.15) is 0 Å². The Kier molecular flexibility index (Phi) is 4.50. The zero-order valence-electron chi connectivity index (χ0n) is 12.9. The van der Waals surface area contributed by atoms with Crippen LogP contribution >= 0.6 is 0 Å². The molecule has 0 bridgehead atoms. The number of carbonyl (C=O) groups is 2. The summed E-state index contributed by atoms with van der Waals surface area (Å²) in [7, 11) is 1.64. The molecule has 1 atom stereocenters. The highest BCUT2D eigenvalue weighted by Gasteiger charge is 2.41. The minimum absolute atomic E-state index is 0.00207. The first-order chi connectivity index (χ1) is 10.0. The van der Waals surface area contributed by atoms with Gasteiger partial charge in [0, 0.05) is 32.4 Å². The van der Waals surface area contributed by atoms with Gasteiger partial charge in [-0.1, -0.05) is 12.1 Å². The fraction of sp³-hybridized carbons (Fsp3) is 0.500. The number of amides is 2. The molecule has 5 nitrogen and oxygen atoms in total. The monoisotopic (exact) mass is 289 g/mol. The van der Waals surface area contributed by atoms with Gasteiger partial charge in [0.2, 0.25) is 5.91 Å². The first-order valence-corrected chi connectivity index (χ1v) is 7.36. The fourth-order valence-corrected chi connectivity index (χ4v) is 2.81. The molecule has 0 radical (unpaired) electrons. The van der Waals surface area contributed by atoms with Gasteiger partial charge in [0.25, 0.3) is 5.91 Å². The molecule has 1 aliphatic rings. The Hall–Kier alpha value is -2.04. The standard InChI is InChI=1S/C16H23N3O2/c1-4-18-13-8-6-5-7-12(13)14(20)19-10-9-16(2,11-19)15(21)17-3/h5-8,18H,4,9-11H2,1-3H3,(H,17,21). The lowest BCUT2D eigenvalue weighted by atomic mass is 9.89. The Bertz CT molecular complexity index is 544. The summed E-state index contributed by atoms with van der Waals surface area (Å²) in [5.41, 5.74) is 1.02. The molecule has 2 rings (SSSR count). The van der Waals surface area contributed by atoms with Gasteiger partial charge in [-0.25, -0.2) is 0 Å². The van der Waals surface area contributed by atoms with E-state index < -0.39 is 5.41 Å². The highest BCUT2D eigenvalue weighted by molar-refractivity contribution is 6.00. The van der Waals surface area contributed by atoms with E-state index in [9.17, 15) is 9.59 Å². The van der Waals surface area contributed by atoms with Crippen molar-refractivity contribution in [2.45, 2.75) is 20.3 Å². The molecule has 1 aliphatic heterocycles. The third-order valence-electron chi connectivity index (χ3n) is 4.06. The third-order valence-corrected chi connectivity index (χ3v) is 4.06. The quantitative estimate of drug-likeness (QED) is 0.887. The van der Waals surface area contributed by atoms with E-state index in [1.54, 1.807) is 11.9 Å². The number of nitrogens with one attached hydrogen (secondary N) is 2. The van der Waals surface area contributed by atoms with Gasteiger partial charge in [0.15, 0.2) is 0 Å². The van der Waals surface area contributed by atoms with Crippen molar-refractivity contribution in [3.8, 4) is 0 Å². The maximum absolute atomic E-state index is 12.7. The maximum Gasteiger partial charge on any atom is 0.255 e. The molecular weight excluding hydrogens is 266 g/mol. The molecule has 5 heteroatoms. The van der Waals surface area contributed by atoms with E-state index in [1.807, 2.05) is 38.1 Å². The fourth-order valence-electron chi connectivity index (χ4n) is 2.81. The van der Waals surface area contributed by atoms with Crippen molar-refractivity contribution in [3.05, 3.63) is 29.8 Å². The number of para-hydroxylation sites is 1. The lowest BCUT2D eigenvalue weighted by Crippen LogP contribution is -2.40. The Morgan fingerprint density at radius 2 is 2.05 bits per heavy atom. The average molecular weight is 289 g/mol. The van der Waals surface area contributed by atoms with Crippen molar-refractivity contribution in [1.82, 2.24) is 10.2 Å². The largest absolute Gasteiger partial charge is 0.385 e. The lowest BCUT2D eigenvalue weighted by Gasteiger charge is -2.23. The maximum atomic E-state index is 12.7. The van der Waals surface area contributed by atoms with Crippen LogP contribution < -0.4 is 10.6 Å². The van der Waals surface area contributed by atoms with Crippen LogP contribution in [0.2, 0.25) is 0 Å². The van der Waals surface area contributed by atoms with Crippen LogP contribution in [-0.4, -0.2) is 43.4 Å². The molecule has 1 unspecified atom stereocenters. The summed E-state index contributed by atoms with van der Waals surface area (Å²) >= 11 is 0. The summed E-state index contributed by atoms with van der Waals surface area (Å²) in [4.78, 5) is 26.4. The van der Waals surface area contributed by atoms with Gasteiger partial charge in [0.05, 0.1) is 11.0 Å². The molecule has 1 saturated heterocycles. The zero-order chi connectivity index (χ0) is 15.5. The predicted molar refractivity (Wildman–Crippen MR) is 83.3 cm³/mol. The van der Waals surface area contributed by atoms with Gasteiger partial charge in [-0.15, -0.1) is 0 Å². The second-order valence-electron chi connectivity index (χ2n) is 5.69. The van der Waals surface area contributed by atoms with Crippen molar-refractivity contribution >= 4 is 17.5 Å².